The number of rotatable bonds is 3. The number of benzene rings is 1. The Labute approximate surface area is 114 Å². The minimum Gasteiger partial charge on any atom is -0.471 e. The van der Waals surface area contributed by atoms with Gasteiger partial charge in [-0.15, -0.1) is 0 Å². The molecule has 1 aliphatic rings. The highest BCUT2D eigenvalue weighted by Gasteiger charge is 2.14. The van der Waals surface area contributed by atoms with E-state index in [-0.39, 0.29) is 23.5 Å². The molecule has 2 heterocycles. The normalized spacial score (nSPS) is 12.5. The maximum Gasteiger partial charge on any atom is 0.242 e. The van der Waals surface area contributed by atoms with Crippen molar-refractivity contribution in [2.24, 2.45) is 0 Å². The Morgan fingerprint density at radius 1 is 1.26 bits per heavy atom. The summed E-state index contributed by atoms with van der Waals surface area (Å²) in [6, 6.07) is 5.56. The number of nitrogens with two attached hydrogens (primary N) is 1. The van der Waals surface area contributed by atoms with Crippen LogP contribution in [0.2, 0.25) is 5.15 Å². The molecule has 0 atom stereocenters. The number of halogens is 1. The summed E-state index contributed by atoms with van der Waals surface area (Å²) < 4.78 is 16.0. The van der Waals surface area contributed by atoms with Crippen molar-refractivity contribution < 1.29 is 14.2 Å². The summed E-state index contributed by atoms with van der Waals surface area (Å²) in [7, 11) is 0. The summed E-state index contributed by atoms with van der Waals surface area (Å²) >= 11 is 5.78. The SMILES string of the molecule is Nc1c(Cl)ncnc1OCc1ccc2c(c1)OCO2. The zero-order chi connectivity index (χ0) is 13.2. The van der Waals surface area contributed by atoms with Crippen LogP contribution in [0.5, 0.6) is 17.4 Å². The predicted molar refractivity (Wildman–Crippen MR) is 68.4 cm³/mol. The second kappa shape index (κ2) is 4.81. The van der Waals surface area contributed by atoms with Gasteiger partial charge in [0, 0.05) is 0 Å². The maximum absolute atomic E-state index is 5.78. The van der Waals surface area contributed by atoms with E-state index in [9.17, 15) is 0 Å². The number of hydrogen-bond acceptors (Lipinski definition) is 6. The Morgan fingerprint density at radius 3 is 3.00 bits per heavy atom. The fourth-order valence-corrected chi connectivity index (χ4v) is 1.78. The van der Waals surface area contributed by atoms with Crippen molar-refractivity contribution in [1.82, 2.24) is 9.97 Å². The Kier molecular flexibility index (Phi) is 3.00. The highest BCUT2D eigenvalue weighted by atomic mass is 35.5. The van der Waals surface area contributed by atoms with Crippen LogP contribution in [0, 0.1) is 0 Å². The van der Waals surface area contributed by atoms with E-state index < -0.39 is 0 Å². The predicted octanol–water partition coefficient (Wildman–Crippen LogP) is 2.02. The second-order valence-corrected chi connectivity index (χ2v) is 4.22. The van der Waals surface area contributed by atoms with Crippen LogP contribution in [0.15, 0.2) is 24.5 Å². The van der Waals surface area contributed by atoms with Gasteiger partial charge in [0.2, 0.25) is 12.7 Å². The molecule has 3 rings (SSSR count). The molecule has 1 aromatic carbocycles. The quantitative estimate of drug-likeness (QED) is 0.866. The minimum absolute atomic E-state index is 0.177. The first-order chi connectivity index (χ1) is 9.24. The summed E-state index contributed by atoms with van der Waals surface area (Å²) in [5.41, 5.74) is 6.85. The molecule has 0 saturated carbocycles. The van der Waals surface area contributed by atoms with Gasteiger partial charge in [-0.05, 0) is 17.7 Å². The van der Waals surface area contributed by atoms with Crippen LogP contribution in [-0.2, 0) is 6.61 Å². The fourth-order valence-electron chi connectivity index (χ4n) is 1.66. The fraction of sp³-hybridized carbons (Fsp3) is 0.167. The van der Waals surface area contributed by atoms with E-state index in [1.807, 2.05) is 18.2 Å². The van der Waals surface area contributed by atoms with Crippen LogP contribution in [0.1, 0.15) is 5.56 Å². The highest BCUT2D eigenvalue weighted by Crippen LogP contribution is 2.33. The van der Waals surface area contributed by atoms with E-state index in [0.29, 0.717) is 12.4 Å². The number of ether oxygens (including phenoxy) is 3. The standard InChI is InChI=1S/C12H10ClN3O3/c13-11-10(14)12(16-5-15-11)17-4-7-1-2-8-9(3-7)19-6-18-8/h1-3,5H,4,6,14H2. The third-order valence-corrected chi connectivity index (χ3v) is 2.91. The first-order valence-corrected chi connectivity index (χ1v) is 5.89. The number of hydrogen-bond donors (Lipinski definition) is 1. The van der Waals surface area contributed by atoms with E-state index in [4.69, 9.17) is 31.5 Å². The number of nitrogen functional groups attached to an aromatic ring is 1. The van der Waals surface area contributed by atoms with Gasteiger partial charge in [0.25, 0.3) is 0 Å². The molecule has 2 N–H and O–H groups in total. The lowest BCUT2D eigenvalue weighted by Gasteiger charge is -2.08. The van der Waals surface area contributed by atoms with Crippen molar-refractivity contribution in [2.75, 3.05) is 12.5 Å². The lowest BCUT2D eigenvalue weighted by Crippen LogP contribution is -2.02. The first kappa shape index (κ1) is 11.9. The lowest BCUT2D eigenvalue weighted by molar-refractivity contribution is 0.174. The molecule has 7 heteroatoms. The zero-order valence-electron chi connectivity index (χ0n) is 9.80. The highest BCUT2D eigenvalue weighted by molar-refractivity contribution is 6.32. The van der Waals surface area contributed by atoms with Crippen molar-refractivity contribution in [2.45, 2.75) is 6.61 Å². The summed E-state index contributed by atoms with van der Waals surface area (Å²) in [5, 5.41) is 0.177. The number of aromatic nitrogens is 2. The zero-order valence-corrected chi connectivity index (χ0v) is 10.6. The Hall–Kier alpha value is -2.21. The summed E-state index contributed by atoms with van der Waals surface area (Å²) in [5.74, 6) is 1.70. The molecular formula is C12H10ClN3O3. The molecule has 19 heavy (non-hydrogen) atoms. The Morgan fingerprint density at radius 2 is 2.11 bits per heavy atom. The van der Waals surface area contributed by atoms with Gasteiger partial charge < -0.3 is 19.9 Å². The first-order valence-electron chi connectivity index (χ1n) is 5.51. The van der Waals surface area contributed by atoms with Gasteiger partial charge in [0.1, 0.15) is 18.6 Å². The molecule has 0 bridgehead atoms. The average Bonchev–Trinajstić information content (AvgIpc) is 2.88. The maximum atomic E-state index is 5.78. The van der Waals surface area contributed by atoms with Gasteiger partial charge in [-0.25, -0.2) is 4.98 Å². The van der Waals surface area contributed by atoms with E-state index in [0.717, 1.165) is 11.3 Å². The molecule has 98 valence electrons. The smallest absolute Gasteiger partial charge is 0.242 e. The number of nitrogens with zero attached hydrogens (tertiary/aromatic N) is 2. The van der Waals surface area contributed by atoms with E-state index in [1.165, 1.54) is 6.33 Å². The third kappa shape index (κ3) is 2.34. The van der Waals surface area contributed by atoms with Crippen LogP contribution in [-0.4, -0.2) is 16.8 Å². The van der Waals surface area contributed by atoms with E-state index in [1.54, 1.807) is 0 Å². The van der Waals surface area contributed by atoms with Crippen LogP contribution in [0.4, 0.5) is 5.69 Å². The van der Waals surface area contributed by atoms with Crippen LogP contribution < -0.4 is 19.9 Å². The Bertz CT molecular complexity index is 621. The Balaban J connectivity index is 1.74. The number of fused-ring (bicyclic) bond motifs is 1. The molecule has 0 radical (unpaired) electrons. The monoisotopic (exact) mass is 279 g/mol. The van der Waals surface area contributed by atoms with Crippen molar-refractivity contribution in [3.63, 3.8) is 0 Å². The molecule has 6 nitrogen and oxygen atoms in total. The van der Waals surface area contributed by atoms with Crippen LogP contribution >= 0.6 is 11.6 Å². The number of anilines is 1. The van der Waals surface area contributed by atoms with Gasteiger partial charge in [-0.3, -0.25) is 0 Å². The van der Waals surface area contributed by atoms with Gasteiger partial charge in [0.05, 0.1) is 0 Å². The van der Waals surface area contributed by atoms with Gasteiger partial charge in [-0.1, -0.05) is 17.7 Å². The summed E-state index contributed by atoms with van der Waals surface area (Å²) in [4.78, 5) is 7.68. The van der Waals surface area contributed by atoms with Crippen molar-refractivity contribution in [3.05, 3.63) is 35.2 Å². The van der Waals surface area contributed by atoms with Gasteiger partial charge in [-0.2, -0.15) is 4.98 Å². The van der Waals surface area contributed by atoms with Gasteiger partial charge in [0.15, 0.2) is 16.7 Å². The minimum atomic E-state index is 0.177. The molecule has 0 amide bonds. The molecule has 0 unspecified atom stereocenters. The lowest BCUT2D eigenvalue weighted by atomic mass is 10.2. The van der Waals surface area contributed by atoms with Crippen molar-refractivity contribution in [3.8, 4) is 17.4 Å². The van der Waals surface area contributed by atoms with Crippen LogP contribution in [0.25, 0.3) is 0 Å². The topological polar surface area (TPSA) is 79.5 Å². The largest absolute Gasteiger partial charge is 0.471 e. The molecular weight excluding hydrogens is 270 g/mol. The molecule has 2 aromatic rings. The summed E-state index contributed by atoms with van der Waals surface area (Å²) in [6.07, 6.45) is 1.30. The average molecular weight is 280 g/mol. The molecule has 1 aromatic heterocycles. The third-order valence-electron chi connectivity index (χ3n) is 2.61. The van der Waals surface area contributed by atoms with E-state index in [2.05, 4.69) is 9.97 Å². The molecule has 0 spiro atoms. The summed E-state index contributed by atoms with van der Waals surface area (Å²) in [6.45, 7) is 0.544. The molecule has 0 aliphatic carbocycles. The van der Waals surface area contributed by atoms with Crippen molar-refractivity contribution >= 4 is 17.3 Å². The molecule has 0 fully saturated rings. The molecule has 0 saturated heterocycles. The second-order valence-electron chi connectivity index (χ2n) is 3.86. The van der Waals surface area contributed by atoms with Gasteiger partial charge >= 0.3 is 0 Å². The van der Waals surface area contributed by atoms with E-state index >= 15 is 0 Å². The van der Waals surface area contributed by atoms with Crippen LogP contribution in [0.3, 0.4) is 0 Å². The van der Waals surface area contributed by atoms with Crippen molar-refractivity contribution in [1.29, 1.82) is 0 Å². The molecule has 1 aliphatic heterocycles.